The highest BCUT2D eigenvalue weighted by Crippen LogP contribution is 2.18. The molecule has 0 unspecified atom stereocenters. The average molecular weight is 386 g/mol. The summed E-state index contributed by atoms with van der Waals surface area (Å²) in [5, 5.41) is 3.84. The van der Waals surface area contributed by atoms with E-state index in [0.717, 1.165) is 5.39 Å². The first kappa shape index (κ1) is 20.0. The van der Waals surface area contributed by atoms with Crippen molar-refractivity contribution >= 4 is 33.1 Å². The second kappa shape index (κ2) is 9.41. The van der Waals surface area contributed by atoms with Crippen molar-refractivity contribution in [1.29, 1.82) is 0 Å². The Morgan fingerprint density at radius 1 is 1.12 bits per heavy atom. The molecule has 0 fully saturated rings. The van der Waals surface area contributed by atoms with Gasteiger partial charge in [-0.15, -0.1) is 0 Å². The molecule has 0 spiro atoms. The number of nitrogens with zero attached hydrogens (tertiary/aromatic N) is 1. The Kier molecular flexibility index (Phi) is 7.25. The molecule has 0 aliphatic carbocycles. The minimum Gasteiger partial charge on any atom is -0.449 e. The number of fused-ring (bicyclic) bond motifs is 1. The number of unbranched alkanes of at least 4 members (excludes halogenated alkanes) is 3. The molecule has 0 radical (unpaired) electrons. The molecule has 2 N–H and O–H groups in total. The third kappa shape index (κ3) is 7.30. The molecule has 0 aliphatic heterocycles. The highest BCUT2D eigenvalue weighted by Gasteiger charge is 2.06. The number of rotatable bonds is 9. The summed E-state index contributed by atoms with van der Waals surface area (Å²) < 4.78 is 51.4. The van der Waals surface area contributed by atoms with E-state index in [2.05, 4.69) is 14.5 Å². The van der Waals surface area contributed by atoms with Crippen molar-refractivity contribution in [3.63, 3.8) is 0 Å². The monoisotopic (exact) mass is 386 g/mol. The number of hydrogen-bond acceptors (Lipinski definition) is 6. The number of benzene rings is 1. The van der Waals surface area contributed by atoms with Crippen LogP contribution in [0.25, 0.3) is 10.8 Å². The molecule has 0 atom stereocenters. The van der Waals surface area contributed by atoms with Crippen LogP contribution in [0.4, 0.5) is 15.0 Å². The lowest BCUT2D eigenvalue weighted by Crippen LogP contribution is -2.15. The molecule has 142 valence electrons. The number of halogens is 1. The molecule has 10 heteroatoms. The van der Waals surface area contributed by atoms with Gasteiger partial charge in [-0.25, -0.2) is 18.4 Å². The fourth-order valence-corrected chi connectivity index (χ4v) is 2.54. The third-order valence-corrected chi connectivity index (χ3v) is 3.88. The first-order chi connectivity index (χ1) is 12.3. The van der Waals surface area contributed by atoms with E-state index >= 15 is 0 Å². The molecule has 8 nitrogen and oxygen atoms in total. The first-order valence-corrected chi connectivity index (χ1v) is 9.31. The van der Waals surface area contributed by atoms with Crippen molar-refractivity contribution < 1.29 is 31.1 Å². The zero-order chi connectivity index (χ0) is 19.0. The van der Waals surface area contributed by atoms with Crippen LogP contribution in [0.3, 0.4) is 0 Å². The van der Waals surface area contributed by atoms with E-state index in [1.165, 1.54) is 18.3 Å². The summed E-state index contributed by atoms with van der Waals surface area (Å²) in [7, 11) is -4.38. The van der Waals surface area contributed by atoms with Gasteiger partial charge in [-0.05, 0) is 48.9 Å². The van der Waals surface area contributed by atoms with Crippen LogP contribution in [-0.4, -0.2) is 37.3 Å². The lowest BCUT2D eigenvalue weighted by molar-refractivity contribution is 0.158. The summed E-state index contributed by atoms with van der Waals surface area (Å²) in [6.45, 7) is 0.0988. The summed E-state index contributed by atoms with van der Waals surface area (Å²) in [6, 6.07) is 5.83. The van der Waals surface area contributed by atoms with E-state index in [4.69, 9.17) is 9.29 Å². The highest BCUT2D eigenvalue weighted by molar-refractivity contribution is 7.80. The molecule has 2 aromatic rings. The Hall–Kier alpha value is -2.30. The zero-order valence-corrected chi connectivity index (χ0v) is 14.7. The van der Waals surface area contributed by atoms with Crippen LogP contribution in [0.1, 0.15) is 25.7 Å². The third-order valence-electron chi connectivity index (χ3n) is 3.42. The van der Waals surface area contributed by atoms with Gasteiger partial charge in [0.2, 0.25) is 0 Å². The first-order valence-electron chi connectivity index (χ1n) is 7.94. The molecule has 26 heavy (non-hydrogen) atoms. The minimum atomic E-state index is -4.38. The van der Waals surface area contributed by atoms with Gasteiger partial charge in [-0.2, -0.15) is 8.42 Å². The molecule has 0 saturated carbocycles. The van der Waals surface area contributed by atoms with E-state index in [1.807, 2.05) is 0 Å². The molecule has 2 rings (SSSR count). The van der Waals surface area contributed by atoms with E-state index in [9.17, 15) is 17.6 Å². The van der Waals surface area contributed by atoms with Crippen LogP contribution < -0.4 is 5.32 Å². The fourth-order valence-electron chi connectivity index (χ4n) is 2.21. The predicted octanol–water partition coefficient (Wildman–Crippen LogP) is 3.30. The Labute approximate surface area is 150 Å². The summed E-state index contributed by atoms with van der Waals surface area (Å²) in [5.41, 5.74) is 0. The molecule has 1 aromatic carbocycles. The number of carbonyl (C=O) groups excluding carboxylic acids is 1. The van der Waals surface area contributed by atoms with Crippen molar-refractivity contribution in [1.82, 2.24) is 4.98 Å². The van der Waals surface area contributed by atoms with E-state index < -0.39 is 16.5 Å². The van der Waals surface area contributed by atoms with E-state index in [0.29, 0.717) is 31.1 Å². The van der Waals surface area contributed by atoms with Gasteiger partial charge >= 0.3 is 16.5 Å². The van der Waals surface area contributed by atoms with Crippen LogP contribution in [0, 0.1) is 5.82 Å². The maximum Gasteiger partial charge on any atom is 0.412 e. The van der Waals surface area contributed by atoms with Crippen LogP contribution >= 0.6 is 0 Å². The molecule has 0 aliphatic rings. The summed E-state index contributed by atoms with van der Waals surface area (Å²) >= 11 is 0. The van der Waals surface area contributed by atoms with Gasteiger partial charge in [0.15, 0.2) is 0 Å². The summed E-state index contributed by atoms with van der Waals surface area (Å²) in [5.74, 6) is -0.116. The lowest BCUT2D eigenvalue weighted by atomic mass is 10.2. The van der Waals surface area contributed by atoms with Crippen molar-refractivity contribution in [3.8, 4) is 0 Å². The number of nitrogens with one attached hydrogen (secondary N) is 1. The quantitative estimate of drug-likeness (QED) is 0.502. The van der Waals surface area contributed by atoms with E-state index in [1.54, 1.807) is 12.1 Å². The van der Waals surface area contributed by atoms with Crippen molar-refractivity contribution in [2.45, 2.75) is 25.7 Å². The molecular weight excluding hydrogens is 367 g/mol. The largest absolute Gasteiger partial charge is 0.449 e. The average Bonchev–Trinajstić information content (AvgIpc) is 2.56. The Morgan fingerprint density at radius 3 is 2.58 bits per heavy atom. The standard InChI is InChI=1S/C16H19FN2O6S/c17-14-6-5-12-11-18-15(10-13(12)9-14)19-16(20)24-7-3-1-2-4-8-25-26(21,22)23/h5-6,9-11H,1-4,7-8H2,(H,18,19,20)(H,21,22,23). The topological polar surface area (TPSA) is 115 Å². The van der Waals surface area contributed by atoms with Crippen LogP contribution in [-0.2, 0) is 19.3 Å². The van der Waals surface area contributed by atoms with Crippen LogP contribution in [0.5, 0.6) is 0 Å². The Morgan fingerprint density at radius 2 is 1.85 bits per heavy atom. The Bertz CT molecular complexity index is 859. The number of aromatic nitrogens is 1. The number of hydrogen-bond donors (Lipinski definition) is 2. The normalized spacial score (nSPS) is 11.5. The molecule has 0 saturated heterocycles. The van der Waals surface area contributed by atoms with E-state index in [-0.39, 0.29) is 24.8 Å². The second-order valence-corrected chi connectivity index (χ2v) is 6.58. The van der Waals surface area contributed by atoms with Gasteiger partial charge in [0, 0.05) is 11.6 Å². The Balaban J connectivity index is 1.64. The van der Waals surface area contributed by atoms with Gasteiger partial charge in [-0.1, -0.05) is 6.42 Å². The number of amides is 1. The maximum atomic E-state index is 13.2. The van der Waals surface area contributed by atoms with Gasteiger partial charge in [-0.3, -0.25) is 9.87 Å². The number of pyridine rings is 1. The predicted molar refractivity (Wildman–Crippen MR) is 92.6 cm³/mol. The number of ether oxygens (including phenoxy) is 1. The molecule has 1 aromatic heterocycles. The molecule has 0 bridgehead atoms. The minimum absolute atomic E-state index is 0.0889. The van der Waals surface area contributed by atoms with Gasteiger partial charge in [0.25, 0.3) is 0 Å². The van der Waals surface area contributed by atoms with Gasteiger partial charge < -0.3 is 4.74 Å². The maximum absolute atomic E-state index is 13.2. The molecular formula is C16H19FN2O6S. The summed E-state index contributed by atoms with van der Waals surface area (Å²) in [4.78, 5) is 15.8. The fraction of sp³-hybridized carbons (Fsp3) is 0.375. The SMILES string of the molecule is O=C(Nc1cc2cc(F)ccc2cn1)OCCCCCCOS(=O)(=O)O. The van der Waals surface area contributed by atoms with Crippen molar-refractivity contribution in [3.05, 3.63) is 36.3 Å². The molecule has 1 heterocycles. The van der Waals surface area contributed by atoms with Gasteiger partial charge in [0.1, 0.15) is 11.6 Å². The lowest BCUT2D eigenvalue weighted by Gasteiger charge is -2.07. The second-order valence-electron chi connectivity index (χ2n) is 5.49. The number of anilines is 1. The zero-order valence-electron chi connectivity index (χ0n) is 13.9. The number of carbonyl (C=O) groups is 1. The van der Waals surface area contributed by atoms with Crippen molar-refractivity contribution in [2.75, 3.05) is 18.5 Å². The van der Waals surface area contributed by atoms with Gasteiger partial charge in [0.05, 0.1) is 13.2 Å². The molecule has 1 amide bonds. The highest BCUT2D eigenvalue weighted by atomic mass is 32.3. The van der Waals surface area contributed by atoms with Crippen molar-refractivity contribution in [2.24, 2.45) is 0 Å². The van der Waals surface area contributed by atoms with Crippen LogP contribution in [0.2, 0.25) is 0 Å². The summed E-state index contributed by atoms with van der Waals surface area (Å²) in [6.07, 6.45) is 3.29. The van der Waals surface area contributed by atoms with Crippen LogP contribution in [0.15, 0.2) is 30.5 Å². The smallest absolute Gasteiger partial charge is 0.412 e.